The van der Waals surface area contributed by atoms with Crippen LogP contribution >= 0.6 is 17.0 Å². The predicted octanol–water partition coefficient (Wildman–Crippen LogP) is 3.21. The van der Waals surface area contributed by atoms with E-state index >= 15 is 0 Å². The molecular weight excluding hydrogens is 252 g/mol. The van der Waals surface area contributed by atoms with Gasteiger partial charge in [-0.3, -0.25) is 5.41 Å². The Morgan fingerprint density at radius 1 is 1.33 bits per heavy atom. The van der Waals surface area contributed by atoms with Crippen LogP contribution in [0.1, 0.15) is 30.9 Å². The Balaban J connectivity index is 0.00000112. The van der Waals surface area contributed by atoms with E-state index in [1.54, 1.807) is 0 Å². The minimum absolute atomic E-state index is 0. The minimum Gasteiger partial charge on any atom is -0.352 e. The molecule has 0 spiro atoms. The maximum atomic E-state index is 7.99. The topological polar surface area (TPSA) is 27.1 Å². The number of fused-ring (bicyclic) bond motifs is 1. The van der Waals surface area contributed by atoms with Crippen molar-refractivity contribution in [1.82, 2.24) is 4.90 Å². The molecule has 0 radical (unpaired) electrons. The number of amidine groups is 1. The summed E-state index contributed by atoms with van der Waals surface area (Å²) in [6.07, 6.45) is 2.37. The van der Waals surface area contributed by atoms with Gasteiger partial charge in [0.2, 0.25) is 0 Å². The molecule has 3 heteroatoms. The van der Waals surface area contributed by atoms with Crippen LogP contribution in [0.4, 0.5) is 0 Å². The monoisotopic (exact) mass is 268 g/mol. The molecule has 0 bridgehead atoms. The van der Waals surface area contributed by atoms with Crippen molar-refractivity contribution in [1.29, 1.82) is 5.41 Å². The molecule has 0 aromatic heterocycles. The number of benzene rings is 1. The van der Waals surface area contributed by atoms with E-state index in [1.165, 1.54) is 18.4 Å². The van der Waals surface area contributed by atoms with Gasteiger partial charge in [-0.15, -0.1) is 17.0 Å². The Kier molecular flexibility index (Phi) is 4.33. The normalized spacial score (nSPS) is 13.7. The standard InChI is InChI=1S/C12H16N2.BrH/c1-2-3-8-14-9-10-6-4-5-7-11(10)12(14)13;/h4-7,13H,2-3,8-9H2,1H3;1H. The molecule has 0 aliphatic carbocycles. The highest BCUT2D eigenvalue weighted by molar-refractivity contribution is 8.93. The molecule has 1 aromatic carbocycles. The summed E-state index contributed by atoms with van der Waals surface area (Å²) in [4.78, 5) is 2.16. The van der Waals surface area contributed by atoms with E-state index in [0.29, 0.717) is 5.84 Å². The lowest BCUT2D eigenvalue weighted by Gasteiger charge is -2.16. The van der Waals surface area contributed by atoms with E-state index in [9.17, 15) is 0 Å². The Hall–Kier alpha value is -0.830. The van der Waals surface area contributed by atoms with Crippen LogP contribution in [0.25, 0.3) is 0 Å². The van der Waals surface area contributed by atoms with E-state index in [1.807, 2.05) is 12.1 Å². The van der Waals surface area contributed by atoms with E-state index in [-0.39, 0.29) is 17.0 Å². The zero-order chi connectivity index (χ0) is 9.97. The highest BCUT2D eigenvalue weighted by Crippen LogP contribution is 2.22. The molecule has 1 heterocycles. The van der Waals surface area contributed by atoms with Crippen molar-refractivity contribution in [2.75, 3.05) is 6.54 Å². The van der Waals surface area contributed by atoms with Crippen LogP contribution in [0.15, 0.2) is 24.3 Å². The van der Waals surface area contributed by atoms with E-state index < -0.39 is 0 Å². The van der Waals surface area contributed by atoms with Crippen LogP contribution in [0, 0.1) is 5.41 Å². The number of nitrogens with one attached hydrogen (secondary N) is 1. The van der Waals surface area contributed by atoms with Gasteiger partial charge in [-0.1, -0.05) is 37.6 Å². The lowest BCUT2D eigenvalue weighted by atomic mass is 10.1. The van der Waals surface area contributed by atoms with Crippen LogP contribution in [-0.2, 0) is 6.54 Å². The first-order valence-electron chi connectivity index (χ1n) is 5.24. The summed E-state index contributed by atoms with van der Waals surface area (Å²) in [5.74, 6) is 0.703. The molecule has 0 atom stereocenters. The molecule has 2 rings (SSSR count). The third kappa shape index (κ3) is 2.40. The Bertz CT molecular complexity index is 349. The summed E-state index contributed by atoms with van der Waals surface area (Å²) in [5, 5.41) is 7.99. The first kappa shape index (κ1) is 12.2. The number of hydrogen-bond donors (Lipinski definition) is 1. The Labute approximate surface area is 102 Å². The maximum absolute atomic E-state index is 7.99. The van der Waals surface area contributed by atoms with Crippen molar-refractivity contribution in [3.8, 4) is 0 Å². The molecule has 1 aromatic rings. The van der Waals surface area contributed by atoms with Crippen molar-refractivity contribution in [2.45, 2.75) is 26.3 Å². The summed E-state index contributed by atoms with van der Waals surface area (Å²) in [6, 6.07) is 8.23. The maximum Gasteiger partial charge on any atom is 0.128 e. The van der Waals surface area contributed by atoms with E-state index in [2.05, 4.69) is 24.0 Å². The van der Waals surface area contributed by atoms with Gasteiger partial charge in [0, 0.05) is 18.7 Å². The smallest absolute Gasteiger partial charge is 0.128 e. The zero-order valence-electron chi connectivity index (χ0n) is 8.99. The summed E-state index contributed by atoms with van der Waals surface area (Å²) in [7, 11) is 0. The predicted molar refractivity (Wildman–Crippen MR) is 68.9 cm³/mol. The quantitative estimate of drug-likeness (QED) is 0.896. The molecule has 15 heavy (non-hydrogen) atoms. The van der Waals surface area contributed by atoms with E-state index in [4.69, 9.17) is 5.41 Å². The molecule has 1 aliphatic heterocycles. The van der Waals surface area contributed by atoms with Crippen LogP contribution < -0.4 is 0 Å². The van der Waals surface area contributed by atoms with Crippen molar-refractivity contribution in [3.05, 3.63) is 35.4 Å². The summed E-state index contributed by atoms with van der Waals surface area (Å²) < 4.78 is 0. The van der Waals surface area contributed by atoms with Gasteiger partial charge in [-0.2, -0.15) is 0 Å². The number of rotatable bonds is 3. The second-order valence-corrected chi connectivity index (χ2v) is 3.78. The molecule has 0 unspecified atom stereocenters. The number of unbranched alkanes of at least 4 members (excludes halogenated alkanes) is 1. The fourth-order valence-electron chi connectivity index (χ4n) is 1.88. The summed E-state index contributed by atoms with van der Waals surface area (Å²) >= 11 is 0. The van der Waals surface area contributed by atoms with Gasteiger partial charge in [0.05, 0.1) is 0 Å². The summed E-state index contributed by atoms with van der Waals surface area (Å²) in [5.41, 5.74) is 2.41. The average molecular weight is 269 g/mol. The fourth-order valence-corrected chi connectivity index (χ4v) is 1.88. The van der Waals surface area contributed by atoms with Gasteiger partial charge in [-0.05, 0) is 12.0 Å². The van der Waals surface area contributed by atoms with Crippen LogP contribution in [-0.4, -0.2) is 17.3 Å². The van der Waals surface area contributed by atoms with Crippen molar-refractivity contribution in [2.24, 2.45) is 0 Å². The molecule has 0 saturated heterocycles. The first-order valence-corrected chi connectivity index (χ1v) is 5.24. The number of nitrogens with zero attached hydrogens (tertiary/aromatic N) is 1. The SMILES string of the molecule is Br.CCCCN1Cc2ccccc2C1=N. The average Bonchev–Trinajstić information content (AvgIpc) is 2.54. The number of halogens is 1. The van der Waals surface area contributed by atoms with Gasteiger partial charge in [0.15, 0.2) is 0 Å². The highest BCUT2D eigenvalue weighted by atomic mass is 79.9. The summed E-state index contributed by atoms with van der Waals surface area (Å²) in [6.45, 7) is 4.13. The molecule has 1 aliphatic rings. The third-order valence-electron chi connectivity index (χ3n) is 2.73. The van der Waals surface area contributed by atoms with Gasteiger partial charge in [0.25, 0.3) is 0 Å². The molecular formula is C12H17BrN2. The van der Waals surface area contributed by atoms with Crippen LogP contribution in [0.2, 0.25) is 0 Å². The Morgan fingerprint density at radius 3 is 2.73 bits per heavy atom. The molecule has 0 fully saturated rings. The molecule has 2 nitrogen and oxygen atoms in total. The molecule has 0 saturated carbocycles. The minimum atomic E-state index is 0. The fraction of sp³-hybridized carbons (Fsp3) is 0.417. The molecule has 0 amide bonds. The van der Waals surface area contributed by atoms with Gasteiger partial charge < -0.3 is 4.90 Å². The molecule has 82 valence electrons. The first-order chi connectivity index (χ1) is 6.83. The largest absolute Gasteiger partial charge is 0.352 e. The van der Waals surface area contributed by atoms with Crippen molar-refractivity contribution < 1.29 is 0 Å². The molecule has 1 N–H and O–H groups in total. The van der Waals surface area contributed by atoms with Gasteiger partial charge in [-0.25, -0.2) is 0 Å². The lowest BCUT2D eigenvalue weighted by molar-refractivity contribution is 0.416. The number of hydrogen-bond acceptors (Lipinski definition) is 1. The van der Waals surface area contributed by atoms with Gasteiger partial charge in [0.1, 0.15) is 5.84 Å². The van der Waals surface area contributed by atoms with E-state index in [0.717, 1.165) is 18.7 Å². The second kappa shape index (κ2) is 5.31. The van der Waals surface area contributed by atoms with Crippen molar-refractivity contribution in [3.63, 3.8) is 0 Å². The second-order valence-electron chi connectivity index (χ2n) is 3.78. The van der Waals surface area contributed by atoms with Crippen LogP contribution in [0.5, 0.6) is 0 Å². The highest BCUT2D eigenvalue weighted by Gasteiger charge is 2.22. The van der Waals surface area contributed by atoms with Crippen LogP contribution in [0.3, 0.4) is 0 Å². The van der Waals surface area contributed by atoms with Gasteiger partial charge >= 0.3 is 0 Å². The third-order valence-corrected chi connectivity index (χ3v) is 2.73. The van der Waals surface area contributed by atoms with Crippen molar-refractivity contribution >= 4 is 22.8 Å². The Morgan fingerprint density at radius 2 is 2.07 bits per heavy atom. The lowest BCUT2D eigenvalue weighted by Crippen LogP contribution is -2.24. The zero-order valence-corrected chi connectivity index (χ0v) is 10.7.